The molecule has 0 bridgehead atoms. The van der Waals surface area contributed by atoms with Gasteiger partial charge in [-0.05, 0) is 68.5 Å². The van der Waals surface area contributed by atoms with Crippen LogP contribution < -0.4 is 10.6 Å². The number of amides is 1. The van der Waals surface area contributed by atoms with Crippen LogP contribution in [-0.2, 0) is 11.2 Å². The lowest BCUT2D eigenvalue weighted by molar-refractivity contribution is -0.122. The number of rotatable bonds is 11. The van der Waals surface area contributed by atoms with Gasteiger partial charge in [-0.3, -0.25) is 9.69 Å². The Morgan fingerprint density at radius 2 is 1.83 bits per heavy atom. The number of para-hydroxylation sites is 1. The molecule has 0 saturated carbocycles. The summed E-state index contributed by atoms with van der Waals surface area (Å²) in [4.78, 5) is 14.7. The summed E-state index contributed by atoms with van der Waals surface area (Å²) in [6, 6.07) is 19.4. The van der Waals surface area contributed by atoms with Crippen molar-refractivity contribution >= 4 is 11.6 Å². The third kappa shape index (κ3) is 7.49. The molecule has 1 unspecified atom stereocenters. The number of carbonyl (C=O) groups is 1. The summed E-state index contributed by atoms with van der Waals surface area (Å²) in [5.41, 5.74) is 3.79. The number of piperidine rings is 1. The predicted molar refractivity (Wildman–Crippen MR) is 126 cm³/mol. The normalized spacial score (nSPS) is 15.5. The number of nitrogens with zero attached hydrogens (tertiary/aromatic N) is 1. The average Bonchev–Trinajstić information content (AvgIpc) is 2.78. The lowest BCUT2D eigenvalue weighted by atomic mass is 9.98. The van der Waals surface area contributed by atoms with E-state index < -0.39 is 0 Å². The lowest BCUT2D eigenvalue weighted by Crippen LogP contribution is -2.40. The molecule has 1 heterocycles. The first-order chi connectivity index (χ1) is 14.7. The van der Waals surface area contributed by atoms with Gasteiger partial charge in [-0.1, -0.05) is 62.2 Å². The highest BCUT2D eigenvalue weighted by molar-refractivity contribution is 5.78. The van der Waals surface area contributed by atoms with Crippen LogP contribution in [0.15, 0.2) is 54.6 Å². The molecular weight excluding hydrogens is 370 g/mol. The Labute approximate surface area is 182 Å². The highest BCUT2D eigenvalue weighted by Crippen LogP contribution is 2.24. The molecule has 3 rings (SSSR count). The fraction of sp³-hybridized carbons (Fsp3) is 0.500. The van der Waals surface area contributed by atoms with Crippen LogP contribution in [0.1, 0.15) is 62.6 Å². The van der Waals surface area contributed by atoms with Crippen molar-refractivity contribution in [2.75, 3.05) is 31.5 Å². The number of unbranched alkanes of at least 4 members (excludes halogenated alkanes) is 1. The summed E-state index contributed by atoms with van der Waals surface area (Å²) < 4.78 is 0. The van der Waals surface area contributed by atoms with E-state index in [9.17, 15) is 4.79 Å². The number of hydrogen-bond acceptors (Lipinski definition) is 3. The van der Waals surface area contributed by atoms with E-state index in [0.29, 0.717) is 13.1 Å². The molecule has 2 N–H and O–H groups in total. The molecule has 162 valence electrons. The number of aryl methyl sites for hydroxylation is 1. The van der Waals surface area contributed by atoms with Gasteiger partial charge < -0.3 is 10.6 Å². The second-order valence-corrected chi connectivity index (χ2v) is 8.39. The van der Waals surface area contributed by atoms with Crippen LogP contribution in [0.25, 0.3) is 0 Å². The van der Waals surface area contributed by atoms with Crippen LogP contribution in [0.4, 0.5) is 5.69 Å². The van der Waals surface area contributed by atoms with E-state index in [2.05, 4.69) is 71.0 Å². The maximum atomic E-state index is 12.4. The van der Waals surface area contributed by atoms with E-state index in [0.717, 1.165) is 31.6 Å². The van der Waals surface area contributed by atoms with E-state index in [-0.39, 0.29) is 11.9 Å². The number of anilines is 1. The minimum atomic E-state index is 0.145. The van der Waals surface area contributed by atoms with E-state index in [1.54, 1.807) is 0 Å². The SMILES string of the molecule is CCCCc1cccc(C(CCNC(=O)CN2CCCCC2)Nc2ccccc2)c1. The monoisotopic (exact) mass is 407 g/mol. The maximum absolute atomic E-state index is 12.4. The smallest absolute Gasteiger partial charge is 0.234 e. The van der Waals surface area contributed by atoms with Crippen molar-refractivity contribution in [2.24, 2.45) is 0 Å². The largest absolute Gasteiger partial charge is 0.378 e. The van der Waals surface area contributed by atoms with Crippen molar-refractivity contribution in [3.8, 4) is 0 Å². The highest BCUT2D eigenvalue weighted by atomic mass is 16.2. The third-order valence-corrected chi connectivity index (χ3v) is 5.86. The molecule has 1 fully saturated rings. The minimum absolute atomic E-state index is 0.145. The van der Waals surface area contributed by atoms with Crippen molar-refractivity contribution in [1.82, 2.24) is 10.2 Å². The highest BCUT2D eigenvalue weighted by Gasteiger charge is 2.15. The lowest BCUT2D eigenvalue weighted by Gasteiger charge is -2.26. The zero-order chi connectivity index (χ0) is 21.0. The van der Waals surface area contributed by atoms with Crippen molar-refractivity contribution < 1.29 is 4.79 Å². The summed E-state index contributed by atoms with van der Waals surface area (Å²) in [6.45, 7) is 5.54. The first kappa shape index (κ1) is 22.4. The fourth-order valence-electron chi connectivity index (χ4n) is 4.14. The first-order valence-electron chi connectivity index (χ1n) is 11.6. The van der Waals surface area contributed by atoms with Crippen molar-refractivity contribution in [3.63, 3.8) is 0 Å². The van der Waals surface area contributed by atoms with Gasteiger partial charge in [-0.25, -0.2) is 0 Å². The molecule has 4 heteroatoms. The first-order valence-corrected chi connectivity index (χ1v) is 11.6. The van der Waals surface area contributed by atoms with Crippen LogP contribution in [-0.4, -0.2) is 37.0 Å². The molecule has 1 amide bonds. The Balaban J connectivity index is 1.59. The van der Waals surface area contributed by atoms with Crippen molar-refractivity contribution in [2.45, 2.75) is 57.9 Å². The number of benzene rings is 2. The van der Waals surface area contributed by atoms with Crippen LogP contribution in [0, 0.1) is 0 Å². The molecule has 1 saturated heterocycles. The van der Waals surface area contributed by atoms with Crippen LogP contribution in [0.3, 0.4) is 0 Å². The summed E-state index contributed by atoms with van der Waals surface area (Å²) >= 11 is 0. The van der Waals surface area contributed by atoms with Gasteiger partial charge in [-0.2, -0.15) is 0 Å². The van der Waals surface area contributed by atoms with Gasteiger partial charge in [0, 0.05) is 12.2 Å². The van der Waals surface area contributed by atoms with Gasteiger partial charge in [-0.15, -0.1) is 0 Å². The molecule has 4 nitrogen and oxygen atoms in total. The van der Waals surface area contributed by atoms with Crippen LogP contribution >= 0.6 is 0 Å². The van der Waals surface area contributed by atoms with Gasteiger partial charge >= 0.3 is 0 Å². The van der Waals surface area contributed by atoms with Gasteiger partial charge in [0.15, 0.2) is 0 Å². The number of hydrogen-bond donors (Lipinski definition) is 2. The van der Waals surface area contributed by atoms with Gasteiger partial charge in [0.05, 0.1) is 12.6 Å². The Kier molecular flexibility index (Phi) is 9.23. The Morgan fingerprint density at radius 1 is 1.03 bits per heavy atom. The molecule has 1 aliphatic heterocycles. The molecule has 30 heavy (non-hydrogen) atoms. The molecular formula is C26H37N3O. The summed E-state index contributed by atoms with van der Waals surface area (Å²) in [5, 5.41) is 6.82. The second kappa shape index (κ2) is 12.4. The zero-order valence-electron chi connectivity index (χ0n) is 18.4. The quantitative estimate of drug-likeness (QED) is 0.540. The Hall–Kier alpha value is -2.33. The fourth-order valence-corrected chi connectivity index (χ4v) is 4.14. The van der Waals surface area contributed by atoms with E-state index >= 15 is 0 Å². The van der Waals surface area contributed by atoms with Gasteiger partial charge in [0.25, 0.3) is 0 Å². The maximum Gasteiger partial charge on any atom is 0.234 e. The van der Waals surface area contributed by atoms with E-state index in [1.165, 1.54) is 43.2 Å². The summed E-state index contributed by atoms with van der Waals surface area (Å²) in [7, 11) is 0. The molecule has 0 aliphatic carbocycles. The van der Waals surface area contributed by atoms with Crippen molar-refractivity contribution in [3.05, 3.63) is 65.7 Å². The van der Waals surface area contributed by atoms with Gasteiger partial charge in [0.1, 0.15) is 0 Å². The standard InChI is InChI=1S/C26H37N3O/c1-2-3-11-22-12-10-13-23(20-22)25(28-24-14-6-4-7-15-24)16-17-27-26(30)21-29-18-8-5-9-19-29/h4,6-7,10,12-15,20,25,28H,2-3,5,8-9,11,16-19,21H2,1H3,(H,27,30). The minimum Gasteiger partial charge on any atom is -0.378 e. The summed E-state index contributed by atoms with van der Waals surface area (Å²) in [5.74, 6) is 0.145. The zero-order valence-corrected chi connectivity index (χ0v) is 18.4. The molecule has 2 aromatic rings. The predicted octanol–water partition coefficient (Wildman–Crippen LogP) is 5.17. The summed E-state index contributed by atoms with van der Waals surface area (Å²) in [6.07, 6.45) is 8.12. The molecule has 1 aliphatic rings. The van der Waals surface area contributed by atoms with E-state index in [4.69, 9.17) is 0 Å². The Bertz CT molecular complexity index is 756. The molecule has 0 radical (unpaired) electrons. The second-order valence-electron chi connectivity index (χ2n) is 8.39. The molecule has 0 aromatic heterocycles. The third-order valence-electron chi connectivity index (χ3n) is 5.86. The molecule has 0 spiro atoms. The topological polar surface area (TPSA) is 44.4 Å². The van der Waals surface area contributed by atoms with Crippen LogP contribution in [0.2, 0.25) is 0 Å². The average molecular weight is 408 g/mol. The number of likely N-dealkylation sites (tertiary alicyclic amines) is 1. The van der Waals surface area contributed by atoms with Crippen LogP contribution in [0.5, 0.6) is 0 Å². The Morgan fingerprint density at radius 3 is 2.60 bits per heavy atom. The number of carbonyl (C=O) groups excluding carboxylic acids is 1. The van der Waals surface area contributed by atoms with E-state index in [1.807, 2.05) is 6.07 Å². The van der Waals surface area contributed by atoms with Gasteiger partial charge in [0.2, 0.25) is 5.91 Å². The molecule has 2 aromatic carbocycles. The molecule has 1 atom stereocenters. The van der Waals surface area contributed by atoms with Crippen molar-refractivity contribution in [1.29, 1.82) is 0 Å². The number of nitrogens with one attached hydrogen (secondary N) is 2.